The normalized spacial score (nSPS) is 18.4. The van der Waals surface area contributed by atoms with E-state index in [1.165, 1.54) is 19.3 Å². The molecular formula is C24H30N6O. The highest BCUT2D eigenvalue weighted by Gasteiger charge is 2.28. The number of imidazole rings is 1. The maximum Gasteiger partial charge on any atom is 0.223 e. The zero-order chi connectivity index (χ0) is 21.2. The molecule has 3 aromatic rings. The summed E-state index contributed by atoms with van der Waals surface area (Å²) in [6.45, 7) is 4.66. The van der Waals surface area contributed by atoms with Gasteiger partial charge in [0.05, 0.1) is 6.04 Å². The third kappa shape index (κ3) is 4.01. The van der Waals surface area contributed by atoms with Crippen LogP contribution in [0.25, 0.3) is 11.2 Å². The Bertz CT molecular complexity index is 1050. The van der Waals surface area contributed by atoms with Gasteiger partial charge < -0.3 is 14.8 Å². The molecule has 2 aromatic heterocycles. The molecule has 1 atom stereocenters. The second-order valence-corrected chi connectivity index (χ2v) is 8.76. The number of nitrogens with one attached hydrogen (secondary N) is 1. The summed E-state index contributed by atoms with van der Waals surface area (Å²) in [5.41, 5.74) is 3.01. The zero-order valence-corrected chi connectivity index (χ0v) is 18.1. The van der Waals surface area contributed by atoms with Crippen LogP contribution in [0, 0.1) is 5.92 Å². The van der Waals surface area contributed by atoms with Gasteiger partial charge in [0.1, 0.15) is 12.2 Å². The third-order valence-corrected chi connectivity index (χ3v) is 6.70. The van der Waals surface area contributed by atoms with E-state index in [4.69, 9.17) is 4.98 Å². The van der Waals surface area contributed by atoms with E-state index in [9.17, 15) is 4.79 Å². The topological polar surface area (TPSA) is 75.9 Å². The van der Waals surface area contributed by atoms with Gasteiger partial charge in [0, 0.05) is 32.0 Å². The Kier molecular flexibility index (Phi) is 5.57. The van der Waals surface area contributed by atoms with Gasteiger partial charge in [0.2, 0.25) is 5.91 Å². The largest absolute Gasteiger partial charge is 0.355 e. The van der Waals surface area contributed by atoms with Crippen molar-refractivity contribution in [2.45, 2.75) is 58.0 Å². The van der Waals surface area contributed by atoms with Crippen molar-refractivity contribution in [3.63, 3.8) is 0 Å². The lowest BCUT2D eigenvalue weighted by Gasteiger charge is -2.32. The minimum Gasteiger partial charge on any atom is -0.355 e. The molecule has 0 bridgehead atoms. The Morgan fingerprint density at radius 2 is 1.87 bits per heavy atom. The molecule has 1 amide bonds. The summed E-state index contributed by atoms with van der Waals surface area (Å²) in [4.78, 5) is 29.2. The Balaban J connectivity index is 1.26. The van der Waals surface area contributed by atoms with E-state index in [0.717, 1.165) is 67.3 Å². The minimum absolute atomic E-state index is 0.0224. The molecule has 162 valence electrons. The number of aromatic nitrogens is 4. The van der Waals surface area contributed by atoms with Gasteiger partial charge in [0.15, 0.2) is 17.0 Å². The van der Waals surface area contributed by atoms with Crippen LogP contribution in [0.2, 0.25) is 0 Å². The van der Waals surface area contributed by atoms with Crippen molar-refractivity contribution in [1.82, 2.24) is 24.8 Å². The fraction of sp³-hybridized carbons (Fsp3) is 0.500. The molecule has 4 heterocycles. The number of aryl methyl sites for hydroxylation is 2. The first-order chi connectivity index (χ1) is 15.2. The van der Waals surface area contributed by atoms with Gasteiger partial charge in [-0.25, -0.2) is 15.0 Å². The van der Waals surface area contributed by atoms with Crippen LogP contribution in [0.1, 0.15) is 56.5 Å². The number of hydrogen-bond donors (Lipinski definition) is 1. The number of hydrogen-bond acceptors (Lipinski definition) is 5. The van der Waals surface area contributed by atoms with E-state index in [1.807, 2.05) is 25.1 Å². The van der Waals surface area contributed by atoms with E-state index in [0.29, 0.717) is 0 Å². The Hall–Kier alpha value is -2.96. The van der Waals surface area contributed by atoms with Crippen molar-refractivity contribution in [1.29, 1.82) is 0 Å². The predicted octanol–water partition coefficient (Wildman–Crippen LogP) is 3.65. The molecule has 0 aliphatic carbocycles. The maximum absolute atomic E-state index is 12.8. The summed E-state index contributed by atoms with van der Waals surface area (Å²) in [6, 6.07) is 10.1. The standard InChI is InChI=1S/C24H30N6O/c1-17(18-8-4-2-5-9-18)27-24(31)19-11-14-29(15-12-19)22-21-23(26-16-25-22)30-13-7-3-6-10-20(30)28-21/h2,4-5,8-9,16-17,19H,3,6-7,10-15H2,1H3,(H,27,31)/t17-/m1/s1. The molecule has 1 fully saturated rings. The SMILES string of the molecule is C[C@@H](NC(=O)C1CCN(c2ncnc3c2nc2n3CCCCC2)CC1)c1ccccc1. The van der Waals surface area contributed by atoms with Gasteiger partial charge in [-0.3, -0.25) is 4.79 Å². The fourth-order valence-corrected chi connectivity index (χ4v) is 4.87. The zero-order valence-electron chi connectivity index (χ0n) is 18.1. The van der Waals surface area contributed by atoms with Crippen LogP contribution in [0.4, 0.5) is 5.82 Å². The summed E-state index contributed by atoms with van der Waals surface area (Å²) in [5, 5.41) is 3.19. The number of nitrogens with zero attached hydrogens (tertiary/aromatic N) is 5. The lowest BCUT2D eigenvalue weighted by molar-refractivity contribution is -0.126. The van der Waals surface area contributed by atoms with Gasteiger partial charge in [0.25, 0.3) is 0 Å². The molecular weight excluding hydrogens is 388 g/mol. The molecule has 2 aliphatic rings. The number of anilines is 1. The van der Waals surface area contributed by atoms with Gasteiger partial charge in [-0.1, -0.05) is 36.8 Å². The van der Waals surface area contributed by atoms with Crippen LogP contribution in [-0.4, -0.2) is 38.5 Å². The molecule has 1 saturated heterocycles. The van der Waals surface area contributed by atoms with E-state index >= 15 is 0 Å². The monoisotopic (exact) mass is 418 g/mol. The highest BCUT2D eigenvalue weighted by molar-refractivity contribution is 5.84. The Labute approximate surface area is 182 Å². The summed E-state index contributed by atoms with van der Waals surface area (Å²) >= 11 is 0. The molecule has 31 heavy (non-hydrogen) atoms. The molecule has 7 heteroatoms. The number of rotatable bonds is 4. The average molecular weight is 419 g/mol. The summed E-state index contributed by atoms with van der Waals surface area (Å²) in [7, 11) is 0. The molecule has 5 rings (SSSR count). The Morgan fingerprint density at radius 1 is 1.06 bits per heavy atom. The van der Waals surface area contributed by atoms with Crippen LogP contribution >= 0.6 is 0 Å². The summed E-state index contributed by atoms with van der Waals surface area (Å²) < 4.78 is 2.28. The van der Waals surface area contributed by atoms with Crippen LogP contribution in [0.15, 0.2) is 36.7 Å². The van der Waals surface area contributed by atoms with Crippen molar-refractivity contribution in [2.75, 3.05) is 18.0 Å². The molecule has 2 aliphatic heterocycles. The van der Waals surface area contributed by atoms with Crippen molar-refractivity contribution < 1.29 is 4.79 Å². The smallest absolute Gasteiger partial charge is 0.223 e. The molecule has 1 N–H and O–H groups in total. The number of carbonyl (C=O) groups excluding carboxylic acids is 1. The first-order valence-corrected chi connectivity index (χ1v) is 11.5. The summed E-state index contributed by atoms with van der Waals surface area (Å²) in [5.74, 6) is 2.25. The van der Waals surface area contributed by atoms with Gasteiger partial charge in [-0.15, -0.1) is 0 Å². The van der Waals surface area contributed by atoms with Crippen LogP contribution in [-0.2, 0) is 17.8 Å². The van der Waals surface area contributed by atoms with Crippen molar-refractivity contribution in [3.05, 3.63) is 48.0 Å². The van der Waals surface area contributed by atoms with Crippen LogP contribution < -0.4 is 10.2 Å². The highest BCUT2D eigenvalue weighted by Crippen LogP contribution is 2.29. The second kappa shape index (κ2) is 8.65. The second-order valence-electron chi connectivity index (χ2n) is 8.76. The average Bonchev–Trinajstić information content (AvgIpc) is 3.00. The molecule has 1 aromatic carbocycles. The lowest BCUT2D eigenvalue weighted by Crippen LogP contribution is -2.41. The number of carbonyl (C=O) groups is 1. The van der Waals surface area contributed by atoms with E-state index in [-0.39, 0.29) is 17.9 Å². The maximum atomic E-state index is 12.8. The Morgan fingerprint density at radius 3 is 2.68 bits per heavy atom. The van der Waals surface area contributed by atoms with E-state index in [2.05, 4.69) is 36.9 Å². The van der Waals surface area contributed by atoms with Gasteiger partial charge in [-0.2, -0.15) is 0 Å². The third-order valence-electron chi connectivity index (χ3n) is 6.70. The molecule has 0 saturated carbocycles. The van der Waals surface area contributed by atoms with Crippen molar-refractivity contribution in [3.8, 4) is 0 Å². The molecule has 7 nitrogen and oxygen atoms in total. The van der Waals surface area contributed by atoms with E-state index in [1.54, 1.807) is 6.33 Å². The predicted molar refractivity (Wildman–Crippen MR) is 121 cm³/mol. The van der Waals surface area contributed by atoms with E-state index < -0.39 is 0 Å². The van der Waals surface area contributed by atoms with Gasteiger partial charge in [-0.05, 0) is 38.2 Å². The first-order valence-electron chi connectivity index (χ1n) is 11.5. The van der Waals surface area contributed by atoms with Crippen molar-refractivity contribution >= 4 is 22.9 Å². The van der Waals surface area contributed by atoms with Crippen LogP contribution in [0.3, 0.4) is 0 Å². The quantitative estimate of drug-likeness (QED) is 0.700. The van der Waals surface area contributed by atoms with Crippen molar-refractivity contribution in [2.24, 2.45) is 5.92 Å². The first kappa shape index (κ1) is 20.0. The number of benzene rings is 1. The fourth-order valence-electron chi connectivity index (χ4n) is 4.87. The number of amides is 1. The molecule has 0 unspecified atom stereocenters. The highest BCUT2D eigenvalue weighted by atomic mass is 16.1. The van der Waals surface area contributed by atoms with Gasteiger partial charge >= 0.3 is 0 Å². The summed E-state index contributed by atoms with van der Waals surface area (Å²) in [6.07, 6.45) is 7.95. The number of piperidine rings is 1. The lowest BCUT2D eigenvalue weighted by atomic mass is 9.95. The molecule has 0 radical (unpaired) electrons. The minimum atomic E-state index is 0.0224. The number of fused-ring (bicyclic) bond motifs is 3. The molecule has 0 spiro atoms. The van der Waals surface area contributed by atoms with Crippen LogP contribution in [0.5, 0.6) is 0 Å².